The second kappa shape index (κ2) is 10.8. The van der Waals surface area contributed by atoms with Crippen molar-refractivity contribution >= 4 is 23.6 Å². The van der Waals surface area contributed by atoms with Crippen LogP contribution in [0.25, 0.3) is 0 Å². The molecule has 0 spiro atoms. The quantitative estimate of drug-likeness (QED) is 0.393. The molecule has 3 heterocycles. The summed E-state index contributed by atoms with van der Waals surface area (Å²) in [7, 11) is 0. The molecule has 0 bridgehead atoms. The van der Waals surface area contributed by atoms with Gasteiger partial charge in [-0.25, -0.2) is 0 Å². The second-order valence-corrected chi connectivity index (χ2v) is 9.04. The summed E-state index contributed by atoms with van der Waals surface area (Å²) in [5.74, 6) is 4.23. The van der Waals surface area contributed by atoms with Gasteiger partial charge in [0.2, 0.25) is 11.8 Å². The van der Waals surface area contributed by atoms with Gasteiger partial charge in [-0.15, -0.1) is 0 Å². The van der Waals surface area contributed by atoms with Crippen molar-refractivity contribution in [1.29, 1.82) is 0 Å². The fraction of sp³-hybridized carbons (Fsp3) is 0.538. The van der Waals surface area contributed by atoms with Crippen LogP contribution in [0.15, 0.2) is 18.2 Å². The lowest BCUT2D eigenvalue weighted by atomic mass is 10.0. The third-order valence-corrected chi connectivity index (χ3v) is 6.67. The number of hydrogen-bond acceptors (Lipinski definition) is 5. The Balaban J connectivity index is 1.30. The molecule has 33 heavy (non-hydrogen) atoms. The maximum atomic E-state index is 13.1. The summed E-state index contributed by atoms with van der Waals surface area (Å²) in [6.45, 7) is 3.69. The number of hydrogen-bond donors (Lipinski definition) is 1. The van der Waals surface area contributed by atoms with Crippen LogP contribution in [-0.4, -0.2) is 59.1 Å². The van der Waals surface area contributed by atoms with E-state index in [0.717, 1.165) is 24.2 Å². The smallest absolute Gasteiger partial charge is 0.263 e. The van der Waals surface area contributed by atoms with E-state index in [4.69, 9.17) is 0 Å². The number of amides is 4. The summed E-state index contributed by atoms with van der Waals surface area (Å²) in [6, 6.07) is 4.09. The number of benzene rings is 1. The Morgan fingerprint density at radius 1 is 0.939 bits per heavy atom. The molecule has 174 valence electrons. The monoisotopic (exact) mass is 449 g/mol. The molecule has 1 aromatic rings. The summed E-state index contributed by atoms with van der Waals surface area (Å²) < 4.78 is 0. The fourth-order valence-electron chi connectivity index (χ4n) is 4.86. The lowest BCUT2D eigenvalue weighted by Crippen LogP contribution is -2.54. The first kappa shape index (κ1) is 23.2. The highest BCUT2D eigenvalue weighted by molar-refractivity contribution is 6.24. The Kier molecular flexibility index (Phi) is 7.56. The number of piperidine rings is 2. The number of nitrogens with zero attached hydrogens (tertiary/aromatic N) is 2. The largest absolute Gasteiger partial charge is 0.303 e. The van der Waals surface area contributed by atoms with Gasteiger partial charge in [0.15, 0.2) is 0 Å². The van der Waals surface area contributed by atoms with Crippen molar-refractivity contribution in [2.75, 3.05) is 19.6 Å². The van der Waals surface area contributed by atoms with E-state index in [1.54, 1.807) is 18.2 Å². The van der Waals surface area contributed by atoms with Crippen molar-refractivity contribution in [2.24, 2.45) is 0 Å². The Morgan fingerprint density at radius 3 is 2.52 bits per heavy atom. The first-order valence-corrected chi connectivity index (χ1v) is 12.1. The molecule has 1 N–H and O–H groups in total. The second-order valence-electron chi connectivity index (χ2n) is 9.04. The molecule has 0 radical (unpaired) electrons. The Labute approximate surface area is 194 Å². The zero-order valence-electron chi connectivity index (χ0n) is 19.0. The molecule has 2 saturated heterocycles. The number of carbonyl (C=O) groups excluding carboxylic acids is 4. The van der Waals surface area contributed by atoms with Gasteiger partial charge in [-0.3, -0.25) is 29.4 Å². The summed E-state index contributed by atoms with van der Waals surface area (Å²) in [5, 5.41) is 2.22. The average Bonchev–Trinajstić information content (AvgIpc) is 3.07. The van der Waals surface area contributed by atoms with E-state index >= 15 is 0 Å². The molecular formula is C26H31N3O4. The van der Waals surface area contributed by atoms with Gasteiger partial charge in [-0.2, -0.15) is 0 Å². The summed E-state index contributed by atoms with van der Waals surface area (Å²) in [6.07, 6.45) is 9.60. The number of nitrogens with one attached hydrogen (secondary N) is 1. The number of likely N-dealkylation sites (tertiary alicyclic amines) is 1. The molecule has 0 saturated carbocycles. The molecule has 1 atom stereocenters. The van der Waals surface area contributed by atoms with E-state index in [2.05, 4.69) is 22.1 Å². The van der Waals surface area contributed by atoms with Crippen LogP contribution in [0.4, 0.5) is 0 Å². The van der Waals surface area contributed by atoms with Gasteiger partial charge in [0.05, 0.1) is 11.1 Å². The number of imide groups is 2. The predicted molar refractivity (Wildman–Crippen MR) is 123 cm³/mol. The van der Waals surface area contributed by atoms with Crippen LogP contribution in [0, 0.1) is 11.8 Å². The highest BCUT2D eigenvalue weighted by Crippen LogP contribution is 2.29. The van der Waals surface area contributed by atoms with Crippen LogP contribution in [-0.2, 0) is 9.59 Å². The lowest BCUT2D eigenvalue weighted by Gasteiger charge is -2.27. The molecule has 0 aromatic heterocycles. The summed E-state index contributed by atoms with van der Waals surface area (Å²) in [5.41, 5.74) is 1.06. The Bertz CT molecular complexity index is 1000. The van der Waals surface area contributed by atoms with Crippen molar-refractivity contribution in [2.45, 2.75) is 70.3 Å². The van der Waals surface area contributed by atoms with Gasteiger partial charge in [-0.05, 0) is 63.9 Å². The third-order valence-electron chi connectivity index (χ3n) is 6.67. The maximum Gasteiger partial charge on any atom is 0.263 e. The van der Waals surface area contributed by atoms with E-state index < -0.39 is 23.8 Å². The zero-order valence-corrected chi connectivity index (χ0v) is 19.0. The first-order chi connectivity index (χ1) is 16.1. The van der Waals surface area contributed by atoms with Crippen LogP contribution >= 0.6 is 0 Å². The van der Waals surface area contributed by atoms with Crippen LogP contribution in [0.5, 0.6) is 0 Å². The number of rotatable bonds is 7. The van der Waals surface area contributed by atoms with Crippen LogP contribution in [0.2, 0.25) is 0 Å². The van der Waals surface area contributed by atoms with Gasteiger partial charge in [0.1, 0.15) is 6.04 Å². The predicted octanol–water partition coefficient (Wildman–Crippen LogP) is 2.88. The fourth-order valence-corrected chi connectivity index (χ4v) is 4.86. The van der Waals surface area contributed by atoms with Gasteiger partial charge >= 0.3 is 0 Å². The maximum absolute atomic E-state index is 13.1. The third kappa shape index (κ3) is 5.33. The molecule has 0 aliphatic carbocycles. The summed E-state index contributed by atoms with van der Waals surface area (Å²) in [4.78, 5) is 53.1. The molecule has 3 aliphatic heterocycles. The summed E-state index contributed by atoms with van der Waals surface area (Å²) >= 11 is 0. The van der Waals surface area contributed by atoms with E-state index in [0.29, 0.717) is 5.56 Å². The van der Waals surface area contributed by atoms with E-state index in [-0.39, 0.29) is 29.9 Å². The molecular weight excluding hydrogens is 418 g/mol. The molecule has 3 aliphatic rings. The normalized spacial score (nSPS) is 21.0. The van der Waals surface area contributed by atoms with E-state index in [1.807, 2.05) is 0 Å². The van der Waals surface area contributed by atoms with Crippen molar-refractivity contribution in [3.05, 3.63) is 34.9 Å². The minimum atomic E-state index is -0.958. The lowest BCUT2D eigenvalue weighted by molar-refractivity contribution is -0.136. The topological polar surface area (TPSA) is 86.8 Å². The molecule has 4 rings (SSSR count). The SMILES string of the molecule is O=C1CCC(N2C(=O)c3cccc(C#CCCCCCCN4CCCCC4)c3C2=O)C(=O)N1. The molecule has 7 nitrogen and oxygen atoms in total. The van der Waals surface area contributed by atoms with Gasteiger partial charge < -0.3 is 4.90 Å². The molecule has 2 fully saturated rings. The molecule has 7 heteroatoms. The zero-order chi connectivity index (χ0) is 23.2. The van der Waals surface area contributed by atoms with Gasteiger partial charge in [0.25, 0.3) is 11.8 Å². The number of unbranched alkanes of at least 4 members (excludes halogenated alkanes) is 4. The minimum Gasteiger partial charge on any atom is -0.303 e. The van der Waals surface area contributed by atoms with Crippen molar-refractivity contribution in [1.82, 2.24) is 15.1 Å². The minimum absolute atomic E-state index is 0.106. The van der Waals surface area contributed by atoms with E-state index in [9.17, 15) is 19.2 Å². The van der Waals surface area contributed by atoms with Crippen molar-refractivity contribution in [3.63, 3.8) is 0 Å². The van der Waals surface area contributed by atoms with Gasteiger partial charge in [0, 0.05) is 18.4 Å². The number of carbonyl (C=O) groups is 4. The first-order valence-electron chi connectivity index (χ1n) is 12.1. The van der Waals surface area contributed by atoms with Crippen LogP contribution < -0.4 is 5.32 Å². The van der Waals surface area contributed by atoms with Crippen molar-refractivity contribution < 1.29 is 19.2 Å². The standard InChI is InChI=1S/C26H31N3O4/c30-22-15-14-21(24(31)27-22)29-25(32)20-13-10-12-19(23(20)26(29)33)11-6-3-1-2-4-7-16-28-17-8-5-9-18-28/h10,12-13,21H,1-5,7-9,14-18H2,(H,27,30,31). The average molecular weight is 450 g/mol. The van der Waals surface area contributed by atoms with Crippen molar-refractivity contribution in [3.8, 4) is 11.8 Å². The molecule has 1 unspecified atom stereocenters. The Morgan fingerprint density at radius 2 is 1.73 bits per heavy atom. The molecule has 1 aromatic carbocycles. The Hall–Kier alpha value is -2.98. The molecule has 4 amide bonds. The highest BCUT2D eigenvalue weighted by Gasteiger charge is 2.45. The highest BCUT2D eigenvalue weighted by atomic mass is 16.2. The van der Waals surface area contributed by atoms with Crippen LogP contribution in [0.1, 0.15) is 90.5 Å². The van der Waals surface area contributed by atoms with Crippen LogP contribution in [0.3, 0.4) is 0 Å². The number of fused-ring (bicyclic) bond motifs is 1. The van der Waals surface area contributed by atoms with E-state index in [1.165, 1.54) is 51.7 Å². The van der Waals surface area contributed by atoms with Gasteiger partial charge in [-0.1, -0.05) is 37.2 Å².